The number of benzene rings is 2. The third-order valence-electron chi connectivity index (χ3n) is 4.48. The highest BCUT2D eigenvalue weighted by Gasteiger charge is 2.27. The first-order valence-corrected chi connectivity index (χ1v) is 10.2. The first kappa shape index (κ1) is 20.0. The number of hydrogen-bond acceptors (Lipinski definition) is 5. The Morgan fingerprint density at radius 1 is 1.18 bits per heavy atom. The molecule has 3 aromatic rings. The quantitative estimate of drug-likeness (QED) is 0.530. The van der Waals surface area contributed by atoms with Crippen molar-refractivity contribution in [3.8, 4) is 11.3 Å². The number of aromatic amines is 1. The van der Waals surface area contributed by atoms with E-state index in [2.05, 4.69) is 15.5 Å². The molecule has 0 aliphatic carbocycles. The molecule has 0 aliphatic rings. The van der Waals surface area contributed by atoms with Crippen molar-refractivity contribution in [2.24, 2.45) is 16.3 Å². The number of carbonyl (C=O) groups is 1. The summed E-state index contributed by atoms with van der Waals surface area (Å²) < 4.78 is 23.3. The molecule has 9 heteroatoms. The number of rotatable bonds is 4. The van der Waals surface area contributed by atoms with Gasteiger partial charge in [-0.1, -0.05) is 32.9 Å². The lowest BCUT2D eigenvalue weighted by Gasteiger charge is -2.25. The first-order valence-electron chi connectivity index (χ1n) is 8.64. The predicted octanol–water partition coefficient (Wildman–Crippen LogP) is 2.19. The second kappa shape index (κ2) is 7.01. The fraction of sp³-hybridized carbons (Fsp3) is 0.263. The van der Waals surface area contributed by atoms with Crippen LogP contribution in [0.2, 0.25) is 0 Å². The van der Waals surface area contributed by atoms with Gasteiger partial charge in [0, 0.05) is 16.6 Å². The summed E-state index contributed by atoms with van der Waals surface area (Å²) in [7, 11) is -3.83. The fourth-order valence-electron chi connectivity index (χ4n) is 2.75. The van der Waals surface area contributed by atoms with E-state index in [0.29, 0.717) is 16.9 Å². The Morgan fingerprint density at radius 2 is 1.89 bits per heavy atom. The molecule has 0 aliphatic heterocycles. The van der Waals surface area contributed by atoms with Crippen molar-refractivity contribution in [1.29, 1.82) is 0 Å². The van der Waals surface area contributed by atoms with Crippen LogP contribution in [-0.4, -0.2) is 30.6 Å². The van der Waals surface area contributed by atoms with Gasteiger partial charge in [0.15, 0.2) is 0 Å². The number of nitrogens with zero attached hydrogens (tertiary/aromatic N) is 1. The summed E-state index contributed by atoms with van der Waals surface area (Å²) in [5.41, 5.74) is 8.10. The van der Waals surface area contributed by atoms with Gasteiger partial charge in [-0.2, -0.15) is 5.10 Å². The third-order valence-corrected chi connectivity index (χ3v) is 5.39. The Kier molecular flexibility index (Phi) is 5.00. The monoisotopic (exact) mass is 401 g/mol. The first-order chi connectivity index (χ1) is 13.0. The second-order valence-corrected chi connectivity index (χ2v) is 9.30. The van der Waals surface area contributed by atoms with Crippen molar-refractivity contribution in [2.45, 2.75) is 31.7 Å². The number of aromatic nitrogens is 2. The number of nitrogens with one attached hydrogen (secondary N) is 2. The molecule has 0 saturated carbocycles. The normalized spacial score (nSPS) is 13.5. The number of primary sulfonamides is 1. The Morgan fingerprint density at radius 3 is 2.54 bits per heavy atom. The minimum absolute atomic E-state index is 0.00163. The maximum Gasteiger partial charge on any atom is 0.241 e. The zero-order chi connectivity index (χ0) is 20.7. The van der Waals surface area contributed by atoms with Gasteiger partial charge in [0.25, 0.3) is 0 Å². The molecular weight excluding hydrogens is 378 g/mol. The number of anilines is 1. The van der Waals surface area contributed by atoms with E-state index in [-0.39, 0.29) is 16.2 Å². The van der Waals surface area contributed by atoms with E-state index in [1.807, 2.05) is 20.8 Å². The van der Waals surface area contributed by atoms with Gasteiger partial charge in [-0.15, -0.1) is 0 Å². The molecule has 8 nitrogen and oxygen atoms in total. The van der Waals surface area contributed by atoms with Gasteiger partial charge in [0.1, 0.15) is 5.69 Å². The van der Waals surface area contributed by atoms with E-state index in [1.165, 1.54) is 12.1 Å². The van der Waals surface area contributed by atoms with E-state index >= 15 is 0 Å². The summed E-state index contributed by atoms with van der Waals surface area (Å²) in [6.45, 7) is 5.69. The van der Waals surface area contributed by atoms with Gasteiger partial charge in [0.05, 0.1) is 16.5 Å². The molecule has 6 N–H and O–H groups in total. The molecule has 0 saturated heterocycles. The lowest BCUT2D eigenvalue weighted by atomic mass is 9.87. The van der Waals surface area contributed by atoms with Crippen LogP contribution < -0.4 is 16.2 Å². The highest BCUT2D eigenvalue weighted by Crippen LogP contribution is 2.30. The van der Waals surface area contributed by atoms with E-state index in [0.717, 1.165) is 10.9 Å². The SMILES string of the molecule is CC(C)(C)[C@H](N)C(=O)Nc1ccc2[nH]nc(-c3cccc(S(N)(=O)=O)c3)c2c1. The largest absolute Gasteiger partial charge is 0.325 e. The molecule has 28 heavy (non-hydrogen) atoms. The zero-order valence-electron chi connectivity index (χ0n) is 15.9. The zero-order valence-corrected chi connectivity index (χ0v) is 16.7. The van der Waals surface area contributed by atoms with Crippen LogP contribution in [0.3, 0.4) is 0 Å². The Labute approximate surface area is 163 Å². The number of fused-ring (bicyclic) bond motifs is 1. The summed E-state index contributed by atoms with van der Waals surface area (Å²) in [4.78, 5) is 12.4. The molecule has 0 bridgehead atoms. The van der Waals surface area contributed by atoms with Crippen molar-refractivity contribution in [1.82, 2.24) is 10.2 Å². The molecule has 148 valence electrons. The summed E-state index contributed by atoms with van der Waals surface area (Å²) in [5, 5.41) is 16.0. The summed E-state index contributed by atoms with van der Waals surface area (Å²) in [6, 6.07) is 10.9. The molecule has 1 amide bonds. The van der Waals surface area contributed by atoms with Crippen molar-refractivity contribution in [3.05, 3.63) is 42.5 Å². The molecule has 3 rings (SSSR count). The maximum absolute atomic E-state index is 12.4. The number of nitrogens with two attached hydrogens (primary N) is 2. The van der Waals surface area contributed by atoms with Crippen LogP contribution >= 0.6 is 0 Å². The van der Waals surface area contributed by atoms with E-state index in [1.54, 1.807) is 30.3 Å². The molecule has 0 unspecified atom stereocenters. The van der Waals surface area contributed by atoms with Gasteiger partial charge < -0.3 is 11.1 Å². The Hall–Kier alpha value is -2.75. The number of sulfonamides is 1. The van der Waals surface area contributed by atoms with E-state index < -0.39 is 16.1 Å². The van der Waals surface area contributed by atoms with Crippen LogP contribution in [0, 0.1) is 5.41 Å². The number of carbonyl (C=O) groups excluding carboxylic acids is 1. The van der Waals surface area contributed by atoms with Gasteiger partial charge in [-0.05, 0) is 35.7 Å². The van der Waals surface area contributed by atoms with Gasteiger partial charge in [-0.3, -0.25) is 9.89 Å². The molecule has 1 aromatic heterocycles. The Balaban J connectivity index is 1.99. The van der Waals surface area contributed by atoms with Crippen LogP contribution in [0.5, 0.6) is 0 Å². The van der Waals surface area contributed by atoms with Gasteiger partial charge in [-0.25, -0.2) is 13.6 Å². The maximum atomic E-state index is 12.4. The molecule has 2 aromatic carbocycles. The minimum Gasteiger partial charge on any atom is -0.325 e. The highest BCUT2D eigenvalue weighted by molar-refractivity contribution is 7.89. The summed E-state index contributed by atoms with van der Waals surface area (Å²) in [6.07, 6.45) is 0. The molecular formula is C19H23N5O3S. The smallest absolute Gasteiger partial charge is 0.241 e. The van der Waals surface area contributed by atoms with Crippen molar-refractivity contribution >= 4 is 32.5 Å². The fourth-order valence-corrected chi connectivity index (χ4v) is 3.30. The predicted molar refractivity (Wildman–Crippen MR) is 109 cm³/mol. The van der Waals surface area contributed by atoms with Crippen molar-refractivity contribution in [3.63, 3.8) is 0 Å². The van der Waals surface area contributed by atoms with Crippen LogP contribution in [0.25, 0.3) is 22.2 Å². The van der Waals surface area contributed by atoms with Crippen LogP contribution in [0.4, 0.5) is 5.69 Å². The standard InChI is InChI=1S/C19H23N5O3S/c1-19(2,3)17(20)18(25)22-12-7-8-15-14(10-12)16(24-23-15)11-5-4-6-13(9-11)28(21,26)27/h4-10,17H,20H2,1-3H3,(H,22,25)(H,23,24)(H2,21,26,27)/t17-/m1/s1. The molecule has 0 radical (unpaired) electrons. The van der Waals surface area contributed by atoms with Crippen LogP contribution in [0.1, 0.15) is 20.8 Å². The highest BCUT2D eigenvalue weighted by atomic mass is 32.2. The van der Waals surface area contributed by atoms with E-state index in [9.17, 15) is 13.2 Å². The average molecular weight is 401 g/mol. The molecule has 0 fully saturated rings. The Bertz CT molecular complexity index is 1150. The van der Waals surface area contributed by atoms with Crippen molar-refractivity contribution < 1.29 is 13.2 Å². The lowest BCUT2D eigenvalue weighted by Crippen LogP contribution is -2.45. The molecule has 0 spiro atoms. The molecule has 1 heterocycles. The molecule has 1 atom stereocenters. The van der Waals surface area contributed by atoms with Crippen LogP contribution in [0.15, 0.2) is 47.4 Å². The second-order valence-electron chi connectivity index (χ2n) is 7.74. The van der Waals surface area contributed by atoms with Gasteiger partial charge in [0.2, 0.25) is 15.9 Å². The summed E-state index contributed by atoms with van der Waals surface area (Å²) >= 11 is 0. The summed E-state index contributed by atoms with van der Waals surface area (Å²) in [5.74, 6) is -0.284. The topological polar surface area (TPSA) is 144 Å². The minimum atomic E-state index is -3.83. The third kappa shape index (κ3) is 4.06. The van der Waals surface area contributed by atoms with Crippen LogP contribution in [-0.2, 0) is 14.8 Å². The van der Waals surface area contributed by atoms with E-state index in [4.69, 9.17) is 10.9 Å². The number of hydrogen-bond donors (Lipinski definition) is 4. The average Bonchev–Trinajstić information content (AvgIpc) is 3.03. The lowest BCUT2D eigenvalue weighted by molar-refractivity contribution is -0.119. The number of H-pyrrole nitrogens is 1. The number of amides is 1. The van der Waals surface area contributed by atoms with Crippen molar-refractivity contribution in [2.75, 3.05) is 5.32 Å². The van der Waals surface area contributed by atoms with Gasteiger partial charge >= 0.3 is 0 Å².